The largest absolute Gasteiger partial charge is 0.373 e. The molecule has 23 heavy (non-hydrogen) atoms. The molecule has 1 aliphatic heterocycles. The topological polar surface area (TPSA) is 55.4 Å². The number of benzene rings is 1. The summed E-state index contributed by atoms with van der Waals surface area (Å²) in [6, 6.07) is 9.24. The molecule has 0 bridgehead atoms. The van der Waals surface area contributed by atoms with E-state index >= 15 is 0 Å². The Hall–Kier alpha value is -1.68. The van der Waals surface area contributed by atoms with Crippen LogP contribution in [0, 0.1) is 0 Å². The van der Waals surface area contributed by atoms with Crippen LogP contribution in [0.15, 0.2) is 30.3 Å². The van der Waals surface area contributed by atoms with Crippen LogP contribution in [0.3, 0.4) is 0 Å². The van der Waals surface area contributed by atoms with Gasteiger partial charge in [-0.15, -0.1) is 0 Å². The standard InChI is InChI=1S/C19H25NO3/c21-17(15-7-3-1-4-8-15)9-10-18(22)20-16-13-19(23-14-16)11-5-2-6-12-19/h1,3-4,7-8,16H,2,5-6,9-14H2,(H,20,22)/t16-/m1/s1. The third-order valence-corrected chi connectivity index (χ3v) is 5.01. The van der Waals surface area contributed by atoms with Crippen molar-refractivity contribution < 1.29 is 14.3 Å². The molecule has 0 aromatic heterocycles. The van der Waals surface area contributed by atoms with Crippen LogP contribution in [0.5, 0.6) is 0 Å². The molecule has 1 saturated heterocycles. The summed E-state index contributed by atoms with van der Waals surface area (Å²) < 4.78 is 6.01. The lowest BCUT2D eigenvalue weighted by atomic mass is 9.82. The summed E-state index contributed by atoms with van der Waals surface area (Å²) in [5.41, 5.74) is 0.682. The monoisotopic (exact) mass is 315 g/mol. The van der Waals surface area contributed by atoms with Crippen LogP contribution in [-0.2, 0) is 9.53 Å². The van der Waals surface area contributed by atoms with Gasteiger partial charge in [0, 0.05) is 18.4 Å². The van der Waals surface area contributed by atoms with E-state index in [0.717, 1.165) is 19.3 Å². The van der Waals surface area contributed by atoms with E-state index in [0.29, 0.717) is 12.2 Å². The van der Waals surface area contributed by atoms with Crippen LogP contribution < -0.4 is 5.32 Å². The van der Waals surface area contributed by atoms with Crippen LogP contribution in [0.2, 0.25) is 0 Å². The van der Waals surface area contributed by atoms with Crippen molar-refractivity contribution in [1.29, 1.82) is 0 Å². The van der Waals surface area contributed by atoms with Crippen LogP contribution in [-0.4, -0.2) is 29.9 Å². The Bertz CT molecular complexity index is 549. The zero-order chi connectivity index (χ0) is 16.1. The van der Waals surface area contributed by atoms with Gasteiger partial charge in [-0.3, -0.25) is 9.59 Å². The average molecular weight is 315 g/mol. The molecule has 4 heteroatoms. The summed E-state index contributed by atoms with van der Waals surface area (Å²) in [6.07, 6.45) is 7.41. The molecule has 1 aromatic rings. The molecule has 2 fully saturated rings. The molecule has 0 unspecified atom stereocenters. The Kier molecular flexibility index (Phi) is 5.11. The second-order valence-corrected chi connectivity index (χ2v) is 6.81. The fourth-order valence-corrected chi connectivity index (χ4v) is 3.78. The number of ether oxygens (including phenoxy) is 1. The molecule has 2 aliphatic rings. The van der Waals surface area contributed by atoms with Crippen LogP contribution in [0.1, 0.15) is 61.7 Å². The number of hydrogen-bond donors (Lipinski definition) is 1. The molecular formula is C19H25NO3. The number of Topliss-reactive ketones (excluding diaryl/α,β-unsaturated/α-hetero) is 1. The van der Waals surface area contributed by atoms with Gasteiger partial charge in [0.2, 0.25) is 5.91 Å². The predicted octanol–water partition coefficient (Wildman–Crippen LogP) is 3.26. The Morgan fingerprint density at radius 2 is 1.83 bits per heavy atom. The van der Waals surface area contributed by atoms with Gasteiger partial charge in [0.1, 0.15) is 0 Å². The van der Waals surface area contributed by atoms with Crippen molar-refractivity contribution in [2.45, 2.75) is 63.0 Å². The van der Waals surface area contributed by atoms with Crippen molar-refractivity contribution in [3.63, 3.8) is 0 Å². The van der Waals surface area contributed by atoms with E-state index in [1.807, 2.05) is 18.2 Å². The molecule has 1 amide bonds. The van der Waals surface area contributed by atoms with Gasteiger partial charge >= 0.3 is 0 Å². The minimum absolute atomic E-state index is 0.00997. The molecule has 0 radical (unpaired) electrons. The maximum absolute atomic E-state index is 12.1. The third-order valence-electron chi connectivity index (χ3n) is 5.01. The van der Waals surface area contributed by atoms with E-state index in [-0.39, 0.29) is 36.2 Å². The van der Waals surface area contributed by atoms with Crippen LogP contribution in [0.4, 0.5) is 0 Å². The van der Waals surface area contributed by atoms with Crippen LogP contribution in [0.25, 0.3) is 0 Å². The van der Waals surface area contributed by atoms with E-state index < -0.39 is 0 Å². The lowest BCUT2D eigenvalue weighted by Crippen LogP contribution is -2.37. The highest BCUT2D eigenvalue weighted by atomic mass is 16.5. The summed E-state index contributed by atoms with van der Waals surface area (Å²) >= 11 is 0. The molecular weight excluding hydrogens is 290 g/mol. The maximum atomic E-state index is 12.1. The molecule has 1 saturated carbocycles. The summed E-state index contributed by atoms with van der Waals surface area (Å²) in [4.78, 5) is 24.1. The van der Waals surface area contributed by atoms with Gasteiger partial charge < -0.3 is 10.1 Å². The lowest BCUT2D eigenvalue weighted by Gasteiger charge is -2.32. The van der Waals surface area contributed by atoms with Gasteiger partial charge in [0.15, 0.2) is 5.78 Å². The fraction of sp³-hybridized carbons (Fsp3) is 0.579. The number of hydrogen-bond acceptors (Lipinski definition) is 3. The molecule has 1 heterocycles. The average Bonchev–Trinajstić information content (AvgIpc) is 2.96. The van der Waals surface area contributed by atoms with E-state index in [1.165, 1.54) is 19.3 Å². The first kappa shape index (κ1) is 16.2. The molecule has 1 N–H and O–H groups in total. The van der Waals surface area contributed by atoms with Gasteiger partial charge in [0.05, 0.1) is 18.2 Å². The normalized spacial score (nSPS) is 22.9. The van der Waals surface area contributed by atoms with Gasteiger partial charge in [-0.25, -0.2) is 0 Å². The Morgan fingerprint density at radius 3 is 2.57 bits per heavy atom. The van der Waals surface area contributed by atoms with Crippen LogP contribution >= 0.6 is 0 Å². The first-order valence-electron chi connectivity index (χ1n) is 8.68. The number of rotatable bonds is 5. The minimum Gasteiger partial charge on any atom is -0.373 e. The first-order valence-corrected chi connectivity index (χ1v) is 8.68. The highest BCUT2D eigenvalue weighted by molar-refractivity contribution is 5.97. The second kappa shape index (κ2) is 7.26. The number of nitrogens with one attached hydrogen (secondary N) is 1. The molecule has 1 aromatic carbocycles. The smallest absolute Gasteiger partial charge is 0.220 e. The van der Waals surface area contributed by atoms with Crippen molar-refractivity contribution in [2.75, 3.05) is 6.61 Å². The Balaban J connectivity index is 1.42. The molecule has 1 spiro atoms. The molecule has 124 valence electrons. The first-order chi connectivity index (χ1) is 11.2. The predicted molar refractivity (Wildman–Crippen MR) is 88.3 cm³/mol. The molecule has 1 aliphatic carbocycles. The van der Waals surface area contributed by atoms with E-state index in [2.05, 4.69) is 5.32 Å². The summed E-state index contributed by atoms with van der Waals surface area (Å²) in [5, 5.41) is 3.04. The highest BCUT2D eigenvalue weighted by Gasteiger charge is 2.41. The number of carbonyl (C=O) groups excluding carboxylic acids is 2. The second-order valence-electron chi connectivity index (χ2n) is 6.81. The minimum atomic E-state index is -0.0456. The van der Waals surface area contributed by atoms with Crippen molar-refractivity contribution in [3.8, 4) is 0 Å². The maximum Gasteiger partial charge on any atom is 0.220 e. The van der Waals surface area contributed by atoms with Gasteiger partial charge in [-0.1, -0.05) is 49.6 Å². The van der Waals surface area contributed by atoms with Crippen molar-refractivity contribution in [2.24, 2.45) is 0 Å². The van der Waals surface area contributed by atoms with E-state index in [4.69, 9.17) is 4.74 Å². The van der Waals surface area contributed by atoms with Gasteiger partial charge in [-0.2, -0.15) is 0 Å². The quantitative estimate of drug-likeness (QED) is 0.849. The highest BCUT2D eigenvalue weighted by Crippen LogP contribution is 2.39. The third kappa shape index (κ3) is 4.20. The Morgan fingerprint density at radius 1 is 1.09 bits per heavy atom. The van der Waals surface area contributed by atoms with E-state index in [1.54, 1.807) is 12.1 Å². The number of amides is 1. The zero-order valence-electron chi connectivity index (χ0n) is 13.6. The molecule has 1 atom stereocenters. The van der Waals surface area contributed by atoms with Gasteiger partial charge in [0.25, 0.3) is 0 Å². The fourth-order valence-electron chi connectivity index (χ4n) is 3.78. The van der Waals surface area contributed by atoms with E-state index in [9.17, 15) is 9.59 Å². The zero-order valence-corrected chi connectivity index (χ0v) is 13.6. The number of ketones is 1. The number of carbonyl (C=O) groups is 2. The SMILES string of the molecule is O=C(CCC(=O)c1ccccc1)N[C@H]1COC2(CCCCC2)C1. The van der Waals surface area contributed by atoms with Crippen molar-refractivity contribution >= 4 is 11.7 Å². The summed E-state index contributed by atoms with van der Waals surface area (Å²) in [7, 11) is 0. The Labute approximate surface area is 137 Å². The van der Waals surface area contributed by atoms with Crippen molar-refractivity contribution in [1.82, 2.24) is 5.32 Å². The molecule has 3 rings (SSSR count). The lowest BCUT2D eigenvalue weighted by molar-refractivity contribution is -0.121. The van der Waals surface area contributed by atoms with Crippen molar-refractivity contribution in [3.05, 3.63) is 35.9 Å². The molecule has 4 nitrogen and oxygen atoms in total. The van der Waals surface area contributed by atoms with Gasteiger partial charge in [-0.05, 0) is 19.3 Å². The summed E-state index contributed by atoms with van der Waals surface area (Å²) in [5.74, 6) is -0.0251. The summed E-state index contributed by atoms with van der Waals surface area (Å²) in [6.45, 7) is 0.609.